The third-order valence-corrected chi connectivity index (χ3v) is 2.63. The van der Waals surface area contributed by atoms with E-state index in [0.717, 1.165) is 12.5 Å². The lowest BCUT2D eigenvalue weighted by Gasteiger charge is -2.13. The molecule has 0 N–H and O–H groups in total. The maximum Gasteiger partial charge on any atom is 0.139 e. The average Bonchev–Trinajstić information content (AvgIpc) is 1.98. The van der Waals surface area contributed by atoms with Gasteiger partial charge >= 0.3 is 0 Å². The van der Waals surface area contributed by atoms with E-state index < -0.39 is 0 Å². The minimum Gasteiger partial charge on any atom is -0.0859 e. The quantitative estimate of drug-likeness (QED) is 0.510. The molecule has 0 radical (unpaired) electrons. The Labute approximate surface area is 66.5 Å². The summed E-state index contributed by atoms with van der Waals surface area (Å²) >= 11 is 0. The highest BCUT2D eigenvalue weighted by Crippen LogP contribution is 2.19. The summed E-state index contributed by atoms with van der Waals surface area (Å²) in [6, 6.07) is 0. The summed E-state index contributed by atoms with van der Waals surface area (Å²) in [6.45, 7) is 10.2. The molecule has 0 aromatic rings. The number of hydrogen-bond acceptors (Lipinski definition) is 0. The van der Waals surface area contributed by atoms with Crippen molar-refractivity contribution in [2.75, 3.05) is 0 Å². The maximum atomic E-state index is 2.38. The Morgan fingerprint density at radius 2 is 1.90 bits per heavy atom. The van der Waals surface area contributed by atoms with Gasteiger partial charge in [0.15, 0.2) is 0 Å². The summed E-state index contributed by atoms with van der Waals surface area (Å²) in [5.74, 6) is 0.935. The van der Waals surface area contributed by atoms with E-state index in [4.69, 9.17) is 0 Å². The molecule has 0 aromatic carbocycles. The molecule has 0 aromatic heterocycles. The number of unbranched alkanes of at least 4 members (excludes halogenated alkanes) is 1. The van der Waals surface area contributed by atoms with Crippen LogP contribution in [0.15, 0.2) is 0 Å². The molecule has 0 amide bonds. The molecule has 0 spiro atoms. The van der Waals surface area contributed by atoms with Crippen molar-refractivity contribution in [1.82, 2.24) is 0 Å². The van der Waals surface area contributed by atoms with Gasteiger partial charge in [0.25, 0.3) is 0 Å². The van der Waals surface area contributed by atoms with Gasteiger partial charge < -0.3 is 0 Å². The third kappa shape index (κ3) is 3.97. The highest BCUT2D eigenvalue weighted by atomic mass is 13.9. The largest absolute Gasteiger partial charge is 0.139 e. The highest BCUT2D eigenvalue weighted by Gasteiger charge is 2.12. The van der Waals surface area contributed by atoms with Crippen LogP contribution in [0.3, 0.4) is 0 Å². The fourth-order valence-electron chi connectivity index (χ4n) is 1.21. The fraction of sp³-hybridized carbons (Fsp3) is 1.00. The molecule has 0 saturated heterocycles. The monoisotopic (exact) mass is 140 g/mol. The summed E-state index contributed by atoms with van der Waals surface area (Å²) in [7, 11) is 0. The van der Waals surface area contributed by atoms with E-state index in [2.05, 4.69) is 27.6 Å². The van der Waals surface area contributed by atoms with Gasteiger partial charge in [-0.25, -0.2) is 0 Å². The summed E-state index contributed by atoms with van der Waals surface area (Å²) < 4.78 is 0. The predicted octanol–water partition coefficient (Wildman–Crippen LogP) is 3.71. The Morgan fingerprint density at radius 3 is 2.30 bits per heavy atom. The highest BCUT2D eigenvalue weighted by molar-refractivity contribution is 6.58. The summed E-state index contributed by atoms with van der Waals surface area (Å²) in [4.78, 5) is 0. The molecule has 0 heterocycles. The van der Waals surface area contributed by atoms with Gasteiger partial charge in [0.2, 0.25) is 0 Å². The second-order valence-electron chi connectivity index (χ2n) is 3.51. The summed E-state index contributed by atoms with van der Waals surface area (Å²) in [5, 5.41) is 0. The van der Waals surface area contributed by atoms with Crippen molar-refractivity contribution < 1.29 is 0 Å². The number of hydrogen-bond donors (Lipinski definition) is 0. The van der Waals surface area contributed by atoms with Crippen LogP contribution in [0.1, 0.15) is 40.0 Å². The van der Waals surface area contributed by atoms with Crippen molar-refractivity contribution in [2.24, 2.45) is 0 Å². The Kier molecular flexibility index (Phi) is 5.86. The maximum absolute atomic E-state index is 2.38. The lowest BCUT2D eigenvalue weighted by Crippen LogP contribution is -2.11. The predicted molar refractivity (Wildman–Crippen MR) is 51.0 cm³/mol. The van der Waals surface area contributed by atoms with Gasteiger partial charge in [-0.15, -0.1) is 0 Å². The molecular formula is C9H21B. The van der Waals surface area contributed by atoms with Gasteiger partial charge in [-0.1, -0.05) is 59.0 Å². The van der Waals surface area contributed by atoms with Crippen LogP contribution < -0.4 is 0 Å². The Hall–Kier alpha value is 0.0649. The first-order valence-corrected chi connectivity index (χ1v) is 4.72. The van der Waals surface area contributed by atoms with Crippen molar-refractivity contribution in [3.63, 3.8) is 0 Å². The molecule has 0 aliphatic rings. The van der Waals surface area contributed by atoms with Crippen molar-refractivity contribution in [2.45, 2.75) is 59.0 Å². The molecule has 10 heavy (non-hydrogen) atoms. The smallest absolute Gasteiger partial charge is 0.0859 e. The van der Waals surface area contributed by atoms with Gasteiger partial charge in [0.05, 0.1) is 0 Å². The van der Waals surface area contributed by atoms with Crippen LogP contribution in [0.25, 0.3) is 0 Å². The molecule has 0 bridgehead atoms. The van der Waals surface area contributed by atoms with E-state index in [1.807, 2.05) is 0 Å². The van der Waals surface area contributed by atoms with Gasteiger partial charge in [-0.05, 0) is 0 Å². The molecule has 60 valence electrons. The minimum atomic E-state index is 0.923. The van der Waals surface area contributed by atoms with E-state index in [1.54, 1.807) is 0 Å². The van der Waals surface area contributed by atoms with Gasteiger partial charge in [0, 0.05) is 0 Å². The Balaban J connectivity index is 3.31. The van der Waals surface area contributed by atoms with Gasteiger partial charge in [0.1, 0.15) is 6.71 Å². The van der Waals surface area contributed by atoms with Crippen molar-refractivity contribution >= 4 is 6.71 Å². The third-order valence-electron chi connectivity index (χ3n) is 2.63. The normalized spacial score (nSPS) is 13.2. The molecule has 0 aliphatic carbocycles. The van der Waals surface area contributed by atoms with Crippen LogP contribution >= 0.6 is 0 Å². The molecule has 0 aliphatic heterocycles. The molecule has 1 atom stereocenters. The van der Waals surface area contributed by atoms with Gasteiger partial charge in [-0.3, -0.25) is 0 Å². The average molecular weight is 140 g/mol. The van der Waals surface area contributed by atoms with Crippen molar-refractivity contribution in [1.29, 1.82) is 0 Å². The van der Waals surface area contributed by atoms with E-state index >= 15 is 0 Å². The Bertz CT molecular complexity index is 71.1. The fourth-order valence-corrected chi connectivity index (χ4v) is 1.21. The molecule has 1 unspecified atom stereocenters. The zero-order chi connectivity index (χ0) is 7.98. The first kappa shape index (κ1) is 10.1. The van der Waals surface area contributed by atoms with Crippen LogP contribution in [-0.4, -0.2) is 6.71 Å². The first-order valence-electron chi connectivity index (χ1n) is 4.72. The second kappa shape index (κ2) is 5.82. The van der Waals surface area contributed by atoms with E-state index in [-0.39, 0.29) is 0 Å². The minimum absolute atomic E-state index is 0.923. The number of rotatable bonds is 5. The van der Waals surface area contributed by atoms with Crippen molar-refractivity contribution in [3.8, 4) is 0 Å². The van der Waals surface area contributed by atoms with Crippen LogP contribution in [0, 0.1) is 0 Å². The Morgan fingerprint density at radius 1 is 1.30 bits per heavy atom. The van der Waals surface area contributed by atoms with Crippen LogP contribution in [0.5, 0.6) is 0 Å². The second-order valence-corrected chi connectivity index (χ2v) is 3.51. The molecule has 0 fully saturated rings. The zero-order valence-corrected chi connectivity index (χ0v) is 7.98. The molecule has 0 saturated carbocycles. The SMILES string of the molecule is CCCCC(C)B(C)CC. The summed E-state index contributed by atoms with van der Waals surface area (Å²) in [6.07, 6.45) is 5.52. The molecule has 1 heteroatoms. The summed E-state index contributed by atoms with van der Waals surface area (Å²) in [5.41, 5.74) is 0. The molecular weight excluding hydrogens is 119 g/mol. The standard InChI is InChI=1S/C9H21B/c1-5-7-8-9(3)10(4)6-2/h9H,5-8H2,1-4H3. The lowest BCUT2D eigenvalue weighted by atomic mass is 9.41. The van der Waals surface area contributed by atoms with Gasteiger partial charge in [-0.2, -0.15) is 0 Å². The zero-order valence-electron chi connectivity index (χ0n) is 7.98. The van der Waals surface area contributed by atoms with E-state index in [0.29, 0.717) is 0 Å². The van der Waals surface area contributed by atoms with Crippen LogP contribution in [-0.2, 0) is 0 Å². The lowest BCUT2D eigenvalue weighted by molar-refractivity contribution is 0.690. The van der Waals surface area contributed by atoms with E-state index in [9.17, 15) is 0 Å². The van der Waals surface area contributed by atoms with Crippen LogP contribution in [0.4, 0.5) is 0 Å². The molecule has 0 rings (SSSR count). The van der Waals surface area contributed by atoms with Crippen LogP contribution in [0.2, 0.25) is 19.0 Å². The first-order chi connectivity index (χ1) is 4.72. The van der Waals surface area contributed by atoms with Crippen molar-refractivity contribution in [3.05, 3.63) is 0 Å². The van der Waals surface area contributed by atoms with E-state index in [1.165, 1.54) is 25.6 Å². The topological polar surface area (TPSA) is 0 Å². The molecule has 0 nitrogen and oxygen atoms in total.